The number of nitrogens with zero attached hydrogens (tertiary/aromatic N) is 3. The zero-order valence-electron chi connectivity index (χ0n) is 10.9. The van der Waals surface area contributed by atoms with Crippen molar-refractivity contribution in [1.29, 1.82) is 0 Å². The van der Waals surface area contributed by atoms with E-state index in [0.717, 1.165) is 6.07 Å². The van der Waals surface area contributed by atoms with E-state index in [1.807, 2.05) is 0 Å². The van der Waals surface area contributed by atoms with E-state index in [-0.39, 0.29) is 17.9 Å². The summed E-state index contributed by atoms with van der Waals surface area (Å²) in [7, 11) is 0. The second kappa shape index (κ2) is 5.47. The molecule has 0 bridgehead atoms. The molecule has 3 rings (SSSR count). The van der Waals surface area contributed by atoms with Gasteiger partial charge in [0.15, 0.2) is 11.6 Å². The number of halogens is 3. The Morgan fingerprint density at radius 2 is 1.90 bits per heavy atom. The molecule has 0 fully saturated rings. The van der Waals surface area contributed by atoms with E-state index in [1.54, 1.807) is 18.3 Å². The van der Waals surface area contributed by atoms with Crippen LogP contribution in [0.2, 0.25) is 0 Å². The summed E-state index contributed by atoms with van der Waals surface area (Å²) in [6, 6.07) is 4.80. The maximum atomic E-state index is 14.0. The second-order valence-electron chi connectivity index (χ2n) is 4.46. The van der Waals surface area contributed by atoms with Gasteiger partial charge in [-0.1, -0.05) is 0 Å². The molecule has 106 valence electrons. The minimum Gasteiger partial charge on any atom is -0.274 e. The Morgan fingerprint density at radius 3 is 2.67 bits per heavy atom. The van der Waals surface area contributed by atoms with Crippen LogP contribution in [0, 0.1) is 17.5 Å². The Morgan fingerprint density at radius 1 is 1.05 bits per heavy atom. The van der Waals surface area contributed by atoms with Crippen molar-refractivity contribution in [1.82, 2.24) is 4.98 Å². The maximum absolute atomic E-state index is 14.0. The summed E-state index contributed by atoms with van der Waals surface area (Å²) in [6.45, 7) is 0.281. The number of aromatic nitrogens is 1. The van der Waals surface area contributed by atoms with Crippen LogP contribution in [0.15, 0.2) is 40.4 Å². The van der Waals surface area contributed by atoms with Gasteiger partial charge in [0, 0.05) is 36.0 Å². The van der Waals surface area contributed by atoms with Crippen molar-refractivity contribution in [3.63, 3.8) is 0 Å². The normalized spacial score (nSPS) is 14.1. The third-order valence-electron chi connectivity index (χ3n) is 3.12. The van der Waals surface area contributed by atoms with Gasteiger partial charge in [0.1, 0.15) is 12.5 Å². The van der Waals surface area contributed by atoms with E-state index in [4.69, 9.17) is 0 Å². The first-order valence-corrected chi connectivity index (χ1v) is 6.28. The highest BCUT2D eigenvalue weighted by molar-refractivity contribution is 6.11. The summed E-state index contributed by atoms with van der Waals surface area (Å²) >= 11 is 0. The van der Waals surface area contributed by atoms with Gasteiger partial charge in [0.2, 0.25) is 0 Å². The Balaban J connectivity index is 2.18. The molecule has 0 spiro atoms. The van der Waals surface area contributed by atoms with Crippen LogP contribution in [0.3, 0.4) is 0 Å². The van der Waals surface area contributed by atoms with Gasteiger partial charge in [-0.2, -0.15) is 0 Å². The molecule has 1 aromatic carbocycles. The van der Waals surface area contributed by atoms with E-state index >= 15 is 0 Å². The molecule has 0 radical (unpaired) electrons. The maximum Gasteiger partial charge on any atom is 0.168 e. The Bertz CT molecular complexity index is 754. The van der Waals surface area contributed by atoms with E-state index in [1.165, 1.54) is 6.20 Å². The number of aliphatic imine (C=N–C) groups is 2. The highest BCUT2D eigenvalue weighted by atomic mass is 19.2. The summed E-state index contributed by atoms with van der Waals surface area (Å²) in [5.74, 6) is -3.22. The third-order valence-corrected chi connectivity index (χ3v) is 3.12. The predicted molar refractivity (Wildman–Crippen MR) is 74.1 cm³/mol. The molecule has 0 atom stereocenters. The van der Waals surface area contributed by atoms with Crippen LogP contribution >= 0.6 is 0 Å². The van der Waals surface area contributed by atoms with Gasteiger partial charge in [0.05, 0.1) is 11.4 Å². The van der Waals surface area contributed by atoms with Crippen molar-refractivity contribution in [3.8, 4) is 11.3 Å². The molecular weight excluding hydrogens is 279 g/mol. The fourth-order valence-corrected chi connectivity index (χ4v) is 2.18. The molecule has 0 aliphatic carbocycles. The largest absolute Gasteiger partial charge is 0.274 e. The van der Waals surface area contributed by atoms with Gasteiger partial charge in [-0.05, 0) is 18.2 Å². The number of benzene rings is 1. The molecular formula is C15H10F3N3. The van der Waals surface area contributed by atoms with Crippen molar-refractivity contribution in [2.75, 3.05) is 6.67 Å². The van der Waals surface area contributed by atoms with E-state index in [0.29, 0.717) is 23.8 Å². The lowest BCUT2D eigenvalue weighted by Gasteiger charge is -2.12. The van der Waals surface area contributed by atoms with Gasteiger partial charge < -0.3 is 0 Å². The Hall–Kier alpha value is -2.50. The van der Waals surface area contributed by atoms with Crippen LogP contribution in [0.25, 0.3) is 11.3 Å². The average molecular weight is 289 g/mol. The predicted octanol–water partition coefficient (Wildman–Crippen LogP) is 3.39. The van der Waals surface area contributed by atoms with Gasteiger partial charge in [-0.15, -0.1) is 0 Å². The zero-order valence-corrected chi connectivity index (χ0v) is 10.9. The summed E-state index contributed by atoms with van der Waals surface area (Å²) in [4.78, 5) is 12.3. The topological polar surface area (TPSA) is 37.6 Å². The molecule has 2 aromatic rings. The molecule has 1 aromatic heterocycles. The number of hydrogen-bond acceptors (Lipinski definition) is 3. The van der Waals surface area contributed by atoms with Crippen LogP contribution in [0.4, 0.5) is 13.2 Å². The first kappa shape index (κ1) is 13.5. The van der Waals surface area contributed by atoms with Crippen LogP contribution in [-0.4, -0.2) is 23.6 Å². The standard InChI is InChI=1S/C15H10F3N3/c16-9-6-11(14(18)12(17)7-9)15-10(2-1-4-20-15)13-3-5-19-8-21-13/h1-2,4-7H,3,8H2. The van der Waals surface area contributed by atoms with Crippen LogP contribution in [0.5, 0.6) is 0 Å². The monoisotopic (exact) mass is 289 g/mol. The number of hydrogen-bond donors (Lipinski definition) is 0. The first-order valence-electron chi connectivity index (χ1n) is 6.28. The Labute approximate surface area is 118 Å². The lowest BCUT2D eigenvalue weighted by molar-refractivity contribution is 0.497. The molecule has 6 heteroatoms. The number of pyridine rings is 1. The minimum absolute atomic E-state index is 0.169. The highest BCUT2D eigenvalue weighted by Crippen LogP contribution is 2.28. The smallest absolute Gasteiger partial charge is 0.168 e. The molecule has 0 amide bonds. The van der Waals surface area contributed by atoms with E-state index in [9.17, 15) is 13.2 Å². The fraction of sp³-hybridized carbons (Fsp3) is 0.133. The van der Waals surface area contributed by atoms with Gasteiger partial charge in [0.25, 0.3) is 0 Å². The molecule has 3 nitrogen and oxygen atoms in total. The summed E-state index contributed by atoms with van der Waals surface area (Å²) in [6.07, 6.45) is 3.61. The molecule has 0 saturated carbocycles. The highest BCUT2D eigenvalue weighted by Gasteiger charge is 2.19. The number of rotatable bonds is 2. The van der Waals surface area contributed by atoms with Crippen molar-refractivity contribution in [2.45, 2.75) is 6.42 Å². The van der Waals surface area contributed by atoms with E-state index in [2.05, 4.69) is 15.0 Å². The molecule has 0 saturated heterocycles. The lowest BCUT2D eigenvalue weighted by atomic mass is 9.99. The van der Waals surface area contributed by atoms with Gasteiger partial charge in [-0.3, -0.25) is 15.0 Å². The molecule has 21 heavy (non-hydrogen) atoms. The second-order valence-corrected chi connectivity index (χ2v) is 4.46. The van der Waals surface area contributed by atoms with Crippen molar-refractivity contribution in [2.24, 2.45) is 9.98 Å². The minimum atomic E-state index is -1.24. The first-order chi connectivity index (χ1) is 10.2. The molecule has 0 unspecified atom stereocenters. The average Bonchev–Trinajstić information content (AvgIpc) is 2.52. The van der Waals surface area contributed by atoms with Gasteiger partial charge >= 0.3 is 0 Å². The van der Waals surface area contributed by atoms with Crippen molar-refractivity contribution in [3.05, 3.63) is 53.5 Å². The third kappa shape index (κ3) is 2.56. The van der Waals surface area contributed by atoms with Crippen molar-refractivity contribution < 1.29 is 13.2 Å². The summed E-state index contributed by atoms with van der Waals surface area (Å²) in [5.41, 5.74) is 1.17. The zero-order chi connectivity index (χ0) is 14.8. The fourth-order valence-electron chi connectivity index (χ4n) is 2.18. The summed E-state index contributed by atoms with van der Waals surface area (Å²) in [5, 5.41) is 0. The van der Waals surface area contributed by atoms with Crippen molar-refractivity contribution >= 4 is 11.9 Å². The summed E-state index contributed by atoms with van der Waals surface area (Å²) < 4.78 is 40.8. The molecule has 0 N–H and O–H groups in total. The van der Waals surface area contributed by atoms with Gasteiger partial charge in [-0.25, -0.2) is 13.2 Å². The van der Waals surface area contributed by atoms with Crippen LogP contribution in [-0.2, 0) is 0 Å². The van der Waals surface area contributed by atoms with E-state index < -0.39 is 17.5 Å². The molecule has 2 heterocycles. The van der Waals surface area contributed by atoms with Crippen LogP contribution in [0.1, 0.15) is 12.0 Å². The molecule has 1 aliphatic heterocycles. The molecule has 1 aliphatic rings. The van der Waals surface area contributed by atoms with Crippen LogP contribution < -0.4 is 0 Å². The SMILES string of the molecule is Fc1cc(F)c(F)c(-c2ncccc2C2=NCN=CC2)c1. The lowest BCUT2D eigenvalue weighted by Crippen LogP contribution is -2.10. The quantitative estimate of drug-likeness (QED) is 0.781. The Kier molecular flexibility index (Phi) is 3.51.